The molecule has 0 heterocycles. The van der Waals surface area contributed by atoms with Gasteiger partial charge in [0.15, 0.2) is 0 Å². The number of rotatable bonds is 5. The maximum atomic E-state index is 2.39. The van der Waals surface area contributed by atoms with Crippen molar-refractivity contribution in [1.29, 1.82) is 0 Å². The standard InChI is InChI=1S/C37H32Si/c1-38(2,3)37-23-21-29(22-24-37)28-11-13-30(14-12-28)34-9-6-10-35(25-34)31-15-17-32(18-16-31)36-20-19-27-7-4-5-8-33(27)26-36/h4-26H,1-3H3. The Bertz CT molecular complexity index is 1700. The molecule has 0 nitrogen and oxygen atoms in total. The molecule has 0 radical (unpaired) electrons. The third-order valence-electron chi connectivity index (χ3n) is 7.47. The second kappa shape index (κ2) is 9.93. The summed E-state index contributed by atoms with van der Waals surface area (Å²) in [5.41, 5.74) is 9.97. The largest absolute Gasteiger partial charge is 0.0775 e. The van der Waals surface area contributed by atoms with E-state index in [1.165, 1.54) is 60.5 Å². The third-order valence-corrected chi connectivity index (χ3v) is 9.53. The Labute approximate surface area is 227 Å². The molecule has 0 spiro atoms. The molecule has 6 aromatic carbocycles. The first-order valence-electron chi connectivity index (χ1n) is 13.4. The molecule has 0 unspecified atom stereocenters. The van der Waals surface area contributed by atoms with Crippen molar-refractivity contribution in [3.8, 4) is 44.5 Å². The molecule has 0 aliphatic rings. The van der Waals surface area contributed by atoms with Crippen LogP contribution in [0.5, 0.6) is 0 Å². The van der Waals surface area contributed by atoms with Gasteiger partial charge in [-0.3, -0.25) is 0 Å². The van der Waals surface area contributed by atoms with Crippen LogP contribution in [0.4, 0.5) is 0 Å². The molecule has 0 N–H and O–H groups in total. The highest BCUT2D eigenvalue weighted by atomic mass is 28.3. The summed E-state index contributed by atoms with van der Waals surface area (Å²) < 4.78 is 0. The summed E-state index contributed by atoms with van der Waals surface area (Å²) in [6.45, 7) is 7.18. The van der Waals surface area contributed by atoms with Gasteiger partial charge in [0.2, 0.25) is 0 Å². The topological polar surface area (TPSA) is 0 Å². The predicted molar refractivity (Wildman–Crippen MR) is 169 cm³/mol. The van der Waals surface area contributed by atoms with Crippen LogP contribution in [0.2, 0.25) is 19.6 Å². The lowest BCUT2D eigenvalue weighted by atomic mass is 9.95. The molecule has 0 saturated heterocycles. The van der Waals surface area contributed by atoms with Gasteiger partial charge in [0.05, 0.1) is 8.07 Å². The van der Waals surface area contributed by atoms with Crippen LogP contribution in [-0.4, -0.2) is 8.07 Å². The lowest BCUT2D eigenvalue weighted by Gasteiger charge is -2.16. The first kappa shape index (κ1) is 24.2. The fourth-order valence-corrected chi connectivity index (χ4v) is 6.29. The van der Waals surface area contributed by atoms with E-state index in [4.69, 9.17) is 0 Å². The van der Waals surface area contributed by atoms with Crippen molar-refractivity contribution in [3.63, 3.8) is 0 Å². The van der Waals surface area contributed by atoms with Gasteiger partial charge in [-0.15, -0.1) is 0 Å². The van der Waals surface area contributed by atoms with Crippen LogP contribution < -0.4 is 5.19 Å². The zero-order valence-corrected chi connectivity index (χ0v) is 23.3. The van der Waals surface area contributed by atoms with Crippen LogP contribution in [0, 0.1) is 0 Å². The Kier molecular flexibility index (Phi) is 6.31. The summed E-state index contributed by atoms with van der Waals surface area (Å²) in [6, 6.07) is 51.1. The van der Waals surface area contributed by atoms with E-state index in [2.05, 4.69) is 159 Å². The van der Waals surface area contributed by atoms with E-state index in [0.717, 1.165) is 0 Å². The lowest BCUT2D eigenvalue weighted by Crippen LogP contribution is -2.37. The molecule has 6 aromatic rings. The van der Waals surface area contributed by atoms with Gasteiger partial charge in [-0.25, -0.2) is 0 Å². The van der Waals surface area contributed by atoms with Crippen LogP contribution in [0.15, 0.2) is 140 Å². The Morgan fingerprint density at radius 3 is 1.21 bits per heavy atom. The Hall–Kier alpha value is -4.20. The van der Waals surface area contributed by atoms with Crippen molar-refractivity contribution in [2.24, 2.45) is 0 Å². The van der Waals surface area contributed by atoms with Crippen molar-refractivity contribution in [2.75, 3.05) is 0 Å². The highest BCUT2D eigenvalue weighted by Crippen LogP contribution is 2.31. The first-order valence-corrected chi connectivity index (χ1v) is 16.9. The summed E-state index contributed by atoms with van der Waals surface area (Å²) in [5.74, 6) is 0. The Balaban J connectivity index is 1.23. The van der Waals surface area contributed by atoms with E-state index in [1.807, 2.05) is 0 Å². The van der Waals surface area contributed by atoms with Crippen molar-refractivity contribution >= 4 is 24.0 Å². The van der Waals surface area contributed by atoms with Gasteiger partial charge in [0.1, 0.15) is 0 Å². The van der Waals surface area contributed by atoms with Gasteiger partial charge >= 0.3 is 0 Å². The van der Waals surface area contributed by atoms with Crippen LogP contribution in [-0.2, 0) is 0 Å². The SMILES string of the molecule is C[Si](C)(C)c1ccc(-c2ccc(-c3cccc(-c4ccc(-c5ccc6ccccc6c5)cc4)c3)cc2)cc1. The monoisotopic (exact) mass is 504 g/mol. The van der Waals surface area contributed by atoms with Crippen molar-refractivity contribution < 1.29 is 0 Å². The zero-order valence-electron chi connectivity index (χ0n) is 22.3. The average Bonchev–Trinajstić information content (AvgIpc) is 2.97. The van der Waals surface area contributed by atoms with Gasteiger partial charge in [-0.05, 0) is 67.4 Å². The smallest absolute Gasteiger partial charge is 0.0656 e. The van der Waals surface area contributed by atoms with Gasteiger partial charge in [0.25, 0.3) is 0 Å². The summed E-state index contributed by atoms with van der Waals surface area (Å²) >= 11 is 0. The molecule has 0 amide bonds. The van der Waals surface area contributed by atoms with Crippen molar-refractivity contribution in [2.45, 2.75) is 19.6 Å². The first-order chi connectivity index (χ1) is 18.4. The summed E-state index contributed by atoms with van der Waals surface area (Å²) in [5, 5.41) is 4.05. The average molecular weight is 505 g/mol. The molecule has 6 rings (SSSR count). The highest BCUT2D eigenvalue weighted by Gasteiger charge is 2.15. The Morgan fingerprint density at radius 1 is 0.316 bits per heavy atom. The molecular weight excluding hydrogens is 472 g/mol. The number of hydrogen-bond donors (Lipinski definition) is 0. The summed E-state index contributed by atoms with van der Waals surface area (Å²) in [7, 11) is -1.27. The minimum atomic E-state index is -1.27. The molecule has 0 atom stereocenters. The zero-order chi connectivity index (χ0) is 26.1. The summed E-state index contributed by atoms with van der Waals surface area (Å²) in [6.07, 6.45) is 0. The molecule has 0 saturated carbocycles. The second-order valence-corrected chi connectivity index (χ2v) is 16.2. The maximum Gasteiger partial charge on any atom is 0.0775 e. The molecular formula is C37H32Si. The van der Waals surface area contributed by atoms with Gasteiger partial charge in [-0.2, -0.15) is 0 Å². The van der Waals surface area contributed by atoms with Crippen LogP contribution in [0.1, 0.15) is 0 Å². The van der Waals surface area contributed by atoms with Crippen LogP contribution >= 0.6 is 0 Å². The second-order valence-electron chi connectivity index (χ2n) is 11.1. The molecule has 0 aromatic heterocycles. The quantitative estimate of drug-likeness (QED) is 0.205. The molecule has 0 fully saturated rings. The van der Waals surface area contributed by atoms with Crippen molar-refractivity contribution in [1.82, 2.24) is 0 Å². The Morgan fingerprint density at radius 2 is 0.711 bits per heavy atom. The van der Waals surface area contributed by atoms with E-state index in [-0.39, 0.29) is 0 Å². The molecule has 1 heteroatoms. The fraction of sp³-hybridized carbons (Fsp3) is 0.0811. The van der Waals surface area contributed by atoms with E-state index in [9.17, 15) is 0 Å². The van der Waals surface area contributed by atoms with Gasteiger partial charge < -0.3 is 0 Å². The normalized spacial score (nSPS) is 11.6. The molecule has 0 aliphatic heterocycles. The minimum absolute atomic E-state index is 1.23. The third kappa shape index (κ3) is 4.98. The molecule has 184 valence electrons. The van der Waals surface area contributed by atoms with E-state index in [1.54, 1.807) is 0 Å². The predicted octanol–water partition coefficient (Wildman–Crippen LogP) is 10.1. The number of fused-ring (bicyclic) bond motifs is 1. The summed E-state index contributed by atoms with van der Waals surface area (Å²) in [4.78, 5) is 0. The van der Waals surface area contributed by atoms with E-state index < -0.39 is 8.07 Å². The lowest BCUT2D eigenvalue weighted by molar-refractivity contribution is 1.57. The molecule has 0 aliphatic carbocycles. The molecule has 0 bridgehead atoms. The van der Waals surface area contributed by atoms with E-state index >= 15 is 0 Å². The highest BCUT2D eigenvalue weighted by molar-refractivity contribution is 6.88. The van der Waals surface area contributed by atoms with E-state index in [0.29, 0.717) is 0 Å². The minimum Gasteiger partial charge on any atom is -0.0656 e. The van der Waals surface area contributed by atoms with Gasteiger partial charge in [-0.1, -0.05) is 152 Å². The van der Waals surface area contributed by atoms with Gasteiger partial charge in [0, 0.05) is 0 Å². The van der Waals surface area contributed by atoms with Crippen LogP contribution in [0.3, 0.4) is 0 Å². The fourth-order valence-electron chi connectivity index (χ4n) is 5.12. The van der Waals surface area contributed by atoms with Crippen LogP contribution in [0.25, 0.3) is 55.3 Å². The molecule has 38 heavy (non-hydrogen) atoms. The van der Waals surface area contributed by atoms with Crippen molar-refractivity contribution in [3.05, 3.63) is 140 Å². The maximum absolute atomic E-state index is 2.39. The number of hydrogen-bond acceptors (Lipinski definition) is 0. The number of benzene rings is 6.